The van der Waals surface area contributed by atoms with E-state index in [1.54, 1.807) is 18.5 Å². The van der Waals surface area contributed by atoms with E-state index in [0.717, 1.165) is 40.7 Å². The second kappa shape index (κ2) is 9.44. The van der Waals surface area contributed by atoms with E-state index >= 15 is 0 Å². The van der Waals surface area contributed by atoms with Crippen molar-refractivity contribution in [3.05, 3.63) is 65.6 Å². The number of hydrogen-bond acceptors (Lipinski definition) is 5. The molecule has 1 fully saturated rings. The van der Waals surface area contributed by atoms with Gasteiger partial charge in [-0.05, 0) is 42.9 Å². The predicted octanol–water partition coefficient (Wildman–Crippen LogP) is 6.61. The summed E-state index contributed by atoms with van der Waals surface area (Å²) >= 11 is 6.28. The minimum Gasteiger partial charge on any atom is -0.315 e. The molecule has 6 nitrogen and oxygen atoms in total. The van der Waals surface area contributed by atoms with Gasteiger partial charge in [-0.3, -0.25) is 4.98 Å². The number of hydrogen-bond donors (Lipinski definition) is 0. The molecule has 0 aliphatic heterocycles. The van der Waals surface area contributed by atoms with Crippen LogP contribution < -0.4 is 4.90 Å². The lowest BCUT2D eigenvalue weighted by molar-refractivity contribution is 0.267. The Balaban J connectivity index is 1.72. The van der Waals surface area contributed by atoms with E-state index in [0.29, 0.717) is 22.3 Å². The largest absolute Gasteiger partial charge is 0.315 e. The lowest BCUT2D eigenvalue weighted by Gasteiger charge is -2.28. The van der Waals surface area contributed by atoms with Crippen molar-refractivity contribution >= 4 is 34.3 Å². The Bertz CT molecular complexity index is 1350. The van der Waals surface area contributed by atoms with E-state index < -0.39 is 0 Å². The number of nitrogens with zero attached hydrogens (tertiary/aromatic N) is 6. The highest BCUT2D eigenvalue weighted by Crippen LogP contribution is 2.37. The second-order valence-corrected chi connectivity index (χ2v) is 9.71. The van der Waals surface area contributed by atoms with Crippen LogP contribution in [-0.4, -0.2) is 26.6 Å². The quantitative estimate of drug-likeness (QED) is 0.328. The molecule has 1 aromatic carbocycles. The summed E-state index contributed by atoms with van der Waals surface area (Å²) < 4.78 is 2.29. The standard InChI is InChI=1S/C27H27ClN6/c1-18-8-10-19(11-9-18)17-34-26-24(32-27(34)33(2)23-6-4-3-5-7-23)13-22(14-29)31-25(26)20-12-21(28)16-30-15-20/h3-7,12-13,15-16,18-19H,8-11,17H2,1-2H3/t18-,19-. The maximum absolute atomic E-state index is 9.67. The fourth-order valence-electron chi connectivity index (χ4n) is 4.91. The summed E-state index contributed by atoms with van der Waals surface area (Å²) in [5.74, 6) is 2.20. The maximum Gasteiger partial charge on any atom is 0.210 e. The smallest absolute Gasteiger partial charge is 0.210 e. The number of imidazole rings is 1. The highest BCUT2D eigenvalue weighted by Gasteiger charge is 2.25. The average molecular weight is 471 g/mol. The van der Waals surface area contributed by atoms with Crippen LogP contribution in [0.3, 0.4) is 0 Å². The molecule has 0 N–H and O–H groups in total. The van der Waals surface area contributed by atoms with Crippen molar-refractivity contribution in [2.75, 3.05) is 11.9 Å². The zero-order valence-corrected chi connectivity index (χ0v) is 20.2. The topological polar surface area (TPSA) is 70.6 Å². The van der Waals surface area contributed by atoms with Crippen molar-refractivity contribution in [1.82, 2.24) is 19.5 Å². The van der Waals surface area contributed by atoms with Crippen LogP contribution in [0.4, 0.5) is 11.6 Å². The van der Waals surface area contributed by atoms with Gasteiger partial charge in [0, 0.05) is 43.3 Å². The Kier molecular flexibility index (Phi) is 6.21. The fraction of sp³-hybridized carbons (Fsp3) is 0.333. The first kappa shape index (κ1) is 22.4. The van der Waals surface area contributed by atoms with Gasteiger partial charge in [0.2, 0.25) is 5.95 Å². The number of halogens is 1. The third-order valence-corrected chi connectivity index (χ3v) is 7.02. The molecule has 5 rings (SSSR count). The summed E-state index contributed by atoms with van der Waals surface area (Å²) in [5.41, 5.74) is 4.52. The number of benzene rings is 1. The maximum atomic E-state index is 9.67. The summed E-state index contributed by atoms with van der Waals surface area (Å²) in [7, 11) is 2.04. The Morgan fingerprint density at radius 2 is 1.85 bits per heavy atom. The second-order valence-electron chi connectivity index (χ2n) is 9.27. The van der Waals surface area contributed by atoms with Crippen LogP contribution in [-0.2, 0) is 6.54 Å². The van der Waals surface area contributed by atoms with E-state index in [2.05, 4.69) is 39.6 Å². The fourth-order valence-corrected chi connectivity index (χ4v) is 5.08. The van der Waals surface area contributed by atoms with Crippen molar-refractivity contribution in [3.63, 3.8) is 0 Å². The molecule has 3 aromatic heterocycles. The molecular weight excluding hydrogens is 444 g/mol. The van der Waals surface area contributed by atoms with E-state index in [-0.39, 0.29) is 0 Å². The summed E-state index contributed by atoms with van der Waals surface area (Å²) in [6.45, 7) is 3.19. The monoisotopic (exact) mass is 470 g/mol. The zero-order valence-electron chi connectivity index (χ0n) is 19.4. The van der Waals surface area contributed by atoms with Gasteiger partial charge >= 0.3 is 0 Å². The van der Waals surface area contributed by atoms with Crippen LogP contribution in [0.5, 0.6) is 0 Å². The van der Waals surface area contributed by atoms with Crippen molar-refractivity contribution in [2.45, 2.75) is 39.2 Å². The third-order valence-electron chi connectivity index (χ3n) is 6.82. The van der Waals surface area contributed by atoms with E-state index in [4.69, 9.17) is 21.6 Å². The van der Waals surface area contributed by atoms with Gasteiger partial charge in [0.15, 0.2) is 0 Å². The van der Waals surface area contributed by atoms with Crippen molar-refractivity contribution in [1.29, 1.82) is 5.26 Å². The molecule has 1 aliphatic carbocycles. The molecule has 0 bridgehead atoms. The van der Waals surface area contributed by atoms with Gasteiger partial charge < -0.3 is 9.47 Å². The average Bonchev–Trinajstić information content (AvgIpc) is 3.23. The van der Waals surface area contributed by atoms with Gasteiger partial charge in [-0.15, -0.1) is 0 Å². The summed E-state index contributed by atoms with van der Waals surface area (Å²) in [4.78, 5) is 16.1. The Labute approximate surface area is 204 Å². The first-order chi connectivity index (χ1) is 16.5. The Morgan fingerprint density at radius 3 is 2.56 bits per heavy atom. The van der Waals surface area contributed by atoms with Gasteiger partial charge in [0.1, 0.15) is 11.8 Å². The van der Waals surface area contributed by atoms with Crippen molar-refractivity contribution in [3.8, 4) is 17.3 Å². The van der Waals surface area contributed by atoms with Crippen LogP contribution in [0.25, 0.3) is 22.3 Å². The first-order valence-corrected chi connectivity index (χ1v) is 12.1. The number of rotatable bonds is 5. The van der Waals surface area contributed by atoms with Crippen LogP contribution >= 0.6 is 11.6 Å². The van der Waals surface area contributed by atoms with Crippen LogP contribution in [0, 0.1) is 23.2 Å². The lowest BCUT2D eigenvalue weighted by Crippen LogP contribution is -2.21. The lowest BCUT2D eigenvalue weighted by atomic mass is 9.83. The molecule has 0 unspecified atom stereocenters. The molecule has 4 aromatic rings. The number of fused-ring (bicyclic) bond motifs is 1. The van der Waals surface area contributed by atoms with Crippen molar-refractivity contribution < 1.29 is 0 Å². The van der Waals surface area contributed by atoms with Gasteiger partial charge in [-0.2, -0.15) is 5.26 Å². The van der Waals surface area contributed by atoms with Crippen LogP contribution in [0.1, 0.15) is 38.3 Å². The van der Waals surface area contributed by atoms with Crippen molar-refractivity contribution in [2.24, 2.45) is 11.8 Å². The highest BCUT2D eigenvalue weighted by molar-refractivity contribution is 6.30. The summed E-state index contributed by atoms with van der Waals surface area (Å²) in [6.07, 6.45) is 8.26. The van der Waals surface area contributed by atoms with E-state index in [1.807, 2.05) is 31.3 Å². The van der Waals surface area contributed by atoms with Gasteiger partial charge in [0.05, 0.1) is 21.7 Å². The number of nitriles is 1. The summed E-state index contributed by atoms with van der Waals surface area (Å²) in [6, 6.07) is 16.0. The van der Waals surface area contributed by atoms with Gasteiger partial charge in [-0.1, -0.05) is 49.6 Å². The molecule has 7 heteroatoms. The third kappa shape index (κ3) is 4.36. The summed E-state index contributed by atoms with van der Waals surface area (Å²) in [5, 5.41) is 10.2. The predicted molar refractivity (Wildman–Crippen MR) is 136 cm³/mol. The number of para-hydroxylation sites is 1. The Morgan fingerprint density at radius 1 is 1.09 bits per heavy atom. The Hall–Kier alpha value is -3.43. The minimum absolute atomic E-state index is 0.326. The zero-order chi connectivity index (χ0) is 23.7. The number of aromatic nitrogens is 4. The van der Waals surface area contributed by atoms with E-state index in [9.17, 15) is 5.26 Å². The molecule has 0 atom stereocenters. The first-order valence-electron chi connectivity index (χ1n) is 11.7. The minimum atomic E-state index is 0.326. The van der Waals surface area contributed by atoms with Gasteiger partial charge in [-0.25, -0.2) is 9.97 Å². The van der Waals surface area contributed by atoms with Gasteiger partial charge in [0.25, 0.3) is 0 Å². The van der Waals surface area contributed by atoms with Crippen LogP contribution in [0.2, 0.25) is 5.02 Å². The molecule has 34 heavy (non-hydrogen) atoms. The molecule has 3 heterocycles. The molecule has 0 saturated heterocycles. The SMILES string of the molecule is CN(c1ccccc1)c1nc2cc(C#N)nc(-c3cncc(Cl)c3)c2n1C[C@H]1CC[C@H](C)CC1. The molecular formula is C27H27ClN6. The molecule has 1 aliphatic rings. The molecule has 172 valence electrons. The highest BCUT2D eigenvalue weighted by atomic mass is 35.5. The molecule has 0 amide bonds. The molecule has 1 saturated carbocycles. The number of pyridine rings is 2. The van der Waals surface area contributed by atoms with E-state index in [1.165, 1.54) is 25.7 Å². The van der Waals surface area contributed by atoms with Crippen LogP contribution in [0.15, 0.2) is 54.9 Å². The molecule has 0 radical (unpaired) electrons. The normalized spacial score (nSPS) is 18.1. The number of anilines is 2. The molecule has 0 spiro atoms.